The number of nitrogens with one attached hydrogen (secondary N) is 2. The maximum absolute atomic E-state index is 10.8. The molecule has 0 unspecified atom stereocenters. The standard InChI is InChI=1S/C6H2Cl2O4.C4H5N3O.H2O/c7-1-3(9)5(11)2(8)6(12)4(1)10;5-3-1-2-6-4(8)7-3;/h9,12H;1-2H,(H3,5,6,7,8);1H2. The molecule has 0 saturated heterocycles. The first-order valence-corrected chi connectivity index (χ1v) is 5.62. The van der Waals surface area contributed by atoms with E-state index in [4.69, 9.17) is 34.0 Å². The van der Waals surface area contributed by atoms with E-state index in [1.807, 2.05) is 0 Å². The first-order valence-electron chi connectivity index (χ1n) is 4.87. The molecule has 0 aromatic carbocycles. The second-order valence-corrected chi connectivity index (χ2v) is 4.11. The Hall–Kier alpha value is -2.36. The Morgan fingerprint density at radius 3 is 2.19 bits per heavy atom. The van der Waals surface area contributed by atoms with Gasteiger partial charge < -0.3 is 21.4 Å². The Morgan fingerprint density at radius 1 is 1.19 bits per heavy atom. The molecule has 0 radical (unpaired) electrons. The largest absolute Gasteiger partial charge is 0.869 e. The van der Waals surface area contributed by atoms with Crippen molar-refractivity contribution in [1.82, 2.24) is 4.98 Å². The van der Waals surface area contributed by atoms with Crippen LogP contribution in [0.25, 0.3) is 0 Å². The number of aromatic nitrogens is 2. The van der Waals surface area contributed by atoms with Gasteiger partial charge in [-0.3, -0.25) is 9.59 Å². The third-order valence-corrected chi connectivity index (χ3v) is 2.66. The van der Waals surface area contributed by atoms with Crippen molar-refractivity contribution in [2.24, 2.45) is 0 Å². The lowest BCUT2D eigenvalue weighted by molar-refractivity contribution is -0.402. The van der Waals surface area contributed by atoms with Gasteiger partial charge in [0, 0.05) is 6.07 Å². The maximum Gasteiger partial charge on any atom is 0.495 e. The minimum atomic E-state index is -1.19. The Morgan fingerprint density at radius 2 is 1.76 bits per heavy atom. The number of ketones is 2. The van der Waals surface area contributed by atoms with E-state index in [9.17, 15) is 19.5 Å². The van der Waals surface area contributed by atoms with Gasteiger partial charge in [0.15, 0.2) is 17.4 Å². The van der Waals surface area contributed by atoms with Crippen LogP contribution in [0.5, 0.6) is 0 Å². The number of rotatable bonds is 0. The minimum Gasteiger partial charge on any atom is -0.869 e. The summed E-state index contributed by atoms with van der Waals surface area (Å²) in [7, 11) is 0. The van der Waals surface area contributed by atoms with Crippen LogP contribution in [0.3, 0.4) is 0 Å². The summed E-state index contributed by atoms with van der Waals surface area (Å²) in [6.07, 6.45) is 1.48. The van der Waals surface area contributed by atoms with Crippen molar-refractivity contribution in [3.8, 4) is 0 Å². The molecule has 0 bridgehead atoms. The van der Waals surface area contributed by atoms with Crippen molar-refractivity contribution in [3.05, 3.63) is 44.3 Å². The molecular weight excluding hydrogens is 329 g/mol. The van der Waals surface area contributed by atoms with Gasteiger partial charge >= 0.3 is 5.69 Å². The summed E-state index contributed by atoms with van der Waals surface area (Å²) in [4.78, 5) is 36.5. The molecule has 0 amide bonds. The summed E-state index contributed by atoms with van der Waals surface area (Å²) in [6.45, 7) is 0. The fourth-order valence-corrected chi connectivity index (χ4v) is 1.38. The van der Waals surface area contributed by atoms with Crippen LogP contribution in [0.15, 0.2) is 38.6 Å². The number of halogens is 2. The number of nitrogens with two attached hydrogens (primary N) is 1. The normalized spacial score (nSPS) is 14.4. The predicted octanol–water partition coefficient (Wildman–Crippen LogP) is -2.10. The lowest BCUT2D eigenvalue weighted by Gasteiger charge is -2.17. The average Bonchev–Trinajstić information content (AvgIpc) is 2.41. The van der Waals surface area contributed by atoms with Gasteiger partial charge in [0.2, 0.25) is 5.78 Å². The van der Waals surface area contributed by atoms with E-state index in [-0.39, 0.29) is 11.2 Å². The topological polar surface area (TPSA) is 182 Å². The van der Waals surface area contributed by atoms with E-state index in [1.165, 1.54) is 6.20 Å². The Balaban J connectivity index is 0.000000390. The zero-order valence-electron chi connectivity index (χ0n) is 10.1. The molecule has 11 heteroatoms. The number of Topliss-reactive ketones (excluding diaryl/α,β-unsaturated/α-hetero) is 2. The molecular formula is C10H9Cl2N3O6. The number of aliphatic hydroxyl groups excluding tert-OH is 1. The van der Waals surface area contributed by atoms with Gasteiger partial charge in [0.25, 0.3) is 0 Å². The molecule has 114 valence electrons. The van der Waals surface area contributed by atoms with Crippen molar-refractivity contribution in [2.45, 2.75) is 0 Å². The van der Waals surface area contributed by atoms with E-state index in [2.05, 4.69) is 9.97 Å². The van der Waals surface area contributed by atoms with Crippen LogP contribution in [0.4, 0.5) is 5.82 Å². The maximum atomic E-state index is 10.8. The van der Waals surface area contributed by atoms with Gasteiger partial charge in [-0.1, -0.05) is 23.2 Å². The van der Waals surface area contributed by atoms with Crippen LogP contribution in [0.1, 0.15) is 0 Å². The van der Waals surface area contributed by atoms with Crippen molar-refractivity contribution in [1.29, 1.82) is 0 Å². The molecule has 0 saturated carbocycles. The van der Waals surface area contributed by atoms with Gasteiger partial charge in [-0.2, -0.15) is 9.78 Å². The van der Waals surface area contributed by atoms with Crippen LogP contribution in [0, 0.1) is 0 Å². The molecule has 9 nitrogen and oxygen atoms in total. The number of aromatic amines is 2. The van der Waals surface area contributed by atoms with Gasteiger partial charge in [-0.15, -0.1) is 0 Å². The van der Waals surface area contributed by atoms with Crippen molar-refractivity contribution in [3.63, 3.8) is 0 Å². The Bertz CT molecular complexity index is 632. The van der Waals surface area contributed by atoms with E-state index < -0.39 is 33.1 Å². The summed E-state index contributed by atoms with van der Waals surface area (Å²) in [6, 6.07) is 1.57. The SMILES string of the molecule is Nc1cc[nH+]c(=O)[nH]1.O.O=C1C(O)=C(Cl)C(=O)C([O-])=C1Cl. The summed E-state index contributed by atoms with van der Waals surface area (Å²) in [5.74, 6) is -4.09. The zero-order chi connectivity index (χ0) is 15.4. The number of hydrogen-bond donors (Lipinski definition) is 3. The van der Waals surface area contributed by atoms with Crippen molar-refractivity contribution in [2.75, 3.05) is 5.73 Å². The van der Waals surface area contributed by atoms with E-state index in [0.29, 0.717) is 5.82 Å². The smallest absolute Gasteiger partial charge is 0.495 e. The van der Waals surface area contributed by atoms with Crippen LogP contribution < -0.4 is 21.5 Å². The van der Waals surface area contributed by atoms with Crippen LogP contribution in [-0.2, 0) is 9.59 Å². The molecule has 0 atom stereocenters. The molecule has 0 fully saturated rings. The third-order valence-electron chi connectivity index (χ3n) is 1.96. The lowest BCUT2D eigenvalue weighted by Crippen LogP contribution is -2.28. The quantitative estimate of drug-likeness (QED) is 0.455. The summed E-state index contributed by atoms with van der Waals surface area (Å²) >= 11 is 10.3. The fraction of sp³-hybridized carbons (Fsp3) is 0. The molecule has 7 N–H and O–H groups in total. The van der Waals surface area contributed by atoms with E-state index in [1.54, 1.807) is 6.07 Å². The minimum absolute atomic E-state index is 0. The highest BCUT2D eigenvalue weighted by atomic mass is 35.5. The van der Waals surface area contributed by atoms with E-state index >= 15 is 0 Å². The third kappa shape index (κ3) is 4.31. The highest BCUT2D eigenvalue weighted by molar-refractivity contribution is 6.55. The highest BCUT2D eigenvalue weighted by Crippen LogP contribution is 2.24. The molecule has 1 aromatic rings. The van der Waals surface area contributed by atoms with Gasteiger partial charge in [-0.25, -0.2) is 4.98 Å². The number of H-pyrrole nitrogens is 2. The van der Waals surface area contributed by atoms with Crippen LogP contribution in [0.2, 0.25) is 0 Å². The van der Waals surface area contributed by atoms with E-state index in [0.717, 1.165) is 0 Å². The molecule has 0 aliphatic heterocycles. The van der Waals surface area contributed by atoms with Gasteiger partial charge in [0.1, 0.15) is 5.03 Å². The fourth-order valence-electron chi connectivity index (χ4n) is 1.03. The second kappa shape index (κ2) is 7.43. The monoisotopic (exact) mass is 337 g/mol. The summed E-state index contributed by atoms with van der Waals surface area (Å²) in [5, 5.41) is 17.9. The molecule has 1 aliphatic carbocycles. The van der Waals surface area contributed by atoms with Crippen LogP contribution in [-0.4, -0.2) is 27.1 Å². The number of allylic oxidation sites excluding steroid dienone is 2. The summed E-state index contributed by atoms with van der Waals surface area (Å²) in [5.41, 5.74) is 4.90. The second-order valence-electron chi connectivity index (χ2n) is 3.35. The lowest BCUT2D eigenvalue weighted by atomic mass is 10.1. The number of anilines is 1. The first kappa shape index (κ1) is 18.6. The van der Waals surface area contributed by atoms with Crippen molar-refractivity contribution < 1.29 is 30.3 Å². The first-order chi connectivity index (χ1) is 9.25. The van der Waals surface area contributed by atoms with Crippen LogP contribution >= 0.6 is 23.2 Å². The summed E-state index contributed by atoms with van der Waals surface area (Å²) < 4.78 is 0. The predicted molar refractivity (Wildman–Crippen MR) is 70.0 cm³/mol. The zero-order valence-corrected chi connectivity index (χ0v) is 11.6. The number of hydrogen-bond acceptors (Lipinski definition) is 6. The molecule has 1 aromatic heterocycles. The molecule has 1 aliphatic rings. The highest BCUT2D eigenvalue weighted by Gasteiger charge is 2.28. The molecule has 0 spiro atoms. The van der Waals surface area contributed by atoms with Gasteiger partial charge in [0.05, 0.1) is 11.2 Å². The average molecular weight is 338 g/mol. The number of carbonyl (C=O) groups excluding carboxylic acids is 2. The molecule has 2 rings (SSSR count). The molecule has 1 heterocycles. The number of carbonyl (C=O) groups is 2. The molecule has 21 heavy (non-hydrogen) atoms. The van der Waals surface area contributed by atoms with Gasteiger partial charge in [-0.05, 0) is 5.76 Å². The number of aliphatic hydroxyl groups is 1. The Kier molecular flexibility index (Phi) is 6.59. The van der Waals surface area contributed by atoms with Crippen molar-refractivity contribution >= 4 is 40.6 Å². The Labute approximate surface area is 126 Å². The number of nitrogen functional groups attached to an aromatic ring is 1.